The van der Waals surface area contributed by atoms with Gasteiger partial charge in [0.2, 0.25) is 5.91 Å². The number of fused-ring (bicyclic) bond motifs is 2. The molecular formula is C26H23Cl2N5O5S. The van der Waals surface area contributed by atoms with E-state index < -0.39 is 29.9 Å². The Labute approximate surface area is 237 Å². The molecule has 0 bridgehead atoms. The van der Waals surface area contributed by atoms with Crippen molar-refractivity contribution in [2.75, 3.05) is 13.1 Å². The zero-order valence-corrected chi connectivity index (χ0v) is 22.6. The number of hydrogen-bond donors (Lipinski definition) is 4. The Kier molecular flexibility index (Phi) is 7.76. The molecule has 5 rings (SSSR count). The van der Waals surface area contributed by atoms with Gasteiger partial charge in [-0.2, -0.15) is 0 Å². The van der Waals surface area contributed by atoms with Crippen LogP contribution in [-0.2, 0) is 22.6 Å². The fourth-order valence-corrected chi connectivity index (χ4v) is 5.96. The van der Waals surface area contributed by atoms with E-state index in [9.17, 15) is 24.3 Å². The van der Waals surface area contributed by atoms with Crippen molar-refractivity contribution >= 4 is 58.2 Å². The maximum absolute atomic E-state index is 13.2. The highest BCUT2D eigenvalue weighted by atomic mass is 35.5. The number of carboxylic acid groups (broad SMARTS) is 1. The van der Waals surface area contributed by atoms with E-state index in [1.165, 1.54) is 11.3 Å². The average Bonchev–Trinajstić information content (AvgIpc) is 3.60. The summed E-state index contributed by atoms with van der Waals surface area (Å²) in [6.45, 7) is 0.312. The van der Waals surface area contributed by atoms with Crippen LogP contribution in [0.2, 0.25) is 10.0 Å². The second-order valence-electron chi connectivity index (χ2n) is 9.02. The minimum atomic E-state index is -1.41. The van der Waals surface area contributed by atoms with Crippen LogP contribution in [0.1, 0.15) is 31.2 Å². The number of amides is 3. The quantitative estimate of drug-likeness (QED) is 0.391. The van der Waals surface area contributed by atoms with E-state index in [-0.39, 0.29) is 34.6 Å². The Morgan fingerprint density at radius 1 is 1.21 bits per heavy atom. The van der Waals surface area contributed by atoms with Gasteiger partial charge in [0, 0.05) is 25.8 Å². The fraction of sp³-hybridized carbons (Fsp3) is 0.231. The molecule has 3 aliphatic heterocycles. The summed E-state index contributed by atoms with van der Waals surface area (Å²) in [6.07, 6.45) is 9.75. The molecule has 1 unspecified atom stereocenters. The molecule has 0 spiro atoms. The number of allylic oxidation sites excluding steroid dienone is 3. The van der Waals surface area contributed by atoms with Crippen molar-refractivity contribution in [3.05, 3.63) is 91.4 Å². The molecule has 2 aromatic rings. The third kappa shape index (κ3) is 5.57. The minimum Gasteiger partial charge on any atom is -0.480 e. The van der Waals surface area contributed by atoms with Crippen LogP contribution in [0, 0.1) is 0 Å². The number of carbonyl (C=O) groups is 4. The van der Waals surface area contributed by atoms with Gasteiger partial charge in [0.1, 0.15) is 12.1 Å². The molecule has 3 aliphatic rings. The molecule has 0 saturated carbocycles. The van der Waals surface area contributed by atoms with Crippen LogP contribution >= 0.6 is 34.5 Å². The SMILES string of the molecule is O=C(NC[C@H](NC(=O)c1c(Cl)cc2c(c1Cl)CCN(C(=O)C1C=C3C=CC=CN3N1)C2)C(=O)O)c1cccs1. The highest BCUT2D eigenvalue weighted by Gasteiger charge is 2.33. The lowest BCUT2D eigenvalue weighted by molar-refractivity contribution is -0.139. The summed E-state index contributed by atoms with van der Waals surface area (Å²) in [5.74, 6) is -2.65. The highest BCUT2D eigenvalue weighted by Crippen LogP contribution is 2.35. The van der Waals surface area contributed by atoms with Gasteiger partial charge >= 0.3 is 5.97 Å². The van der Waals surface area contributed by atoms with Gasteiger partial charge in [-0.15, -0.1) is 11.3 Å². The van der Waals surface area contributed by atoms with E-state index in [4.69, 9.17) is 23.2 Å². The zero-order valence-electron chi connectivity index (χ0n) is 20.3. The van der Waals surface area contributed by atoms with Crippen LogP contribution in [-0.4, -0.2) is 63.9 Å². The number of aliphatic carboxylic acids is 1. The van der Waals surface area contributed by atoms with Crippen molar-refractivity contribution in [1.29, 1.82) is 0 Å². The minimum absolute atomic E-state index is 0.0332. The van der Waals surface area contributed by atoms with E-state index in [0.29, 0.717) is 29.0 Å². The summed E-state index contributed by atoms with van der Waals surface area (Å²) < 4.78 is 0. The Bertz CT molecular complexity index is 1440. The molecule has 202 valence electrons. The average molecular weight is 588 g/mol. The summed E-state index contributed by atoms with van der Waals surface area (Å²) in [4.78, 5) is 52.4. The molecule has 4 heterocycles. The summed E-state index contributed by atoms with van der Waals surface area (Å²) in [6, 6.07) is 2.97. The normalized spacial score (nSPS) is 18.2. The first-order valence-corrected chi connectivity index (χ1v) is 13.6. The Hall–Kier alpha value is -3.64. The van der Waals surface area contributed by atoms with Crippen LogP contribution < -0.4 is 16.1 Å². The maximum Gasteiger partial charge on any atom is 0.328 e. The lowest BCUT2D eigenvalue weighted by atomic mass is 9.96. The summed E-state index contributed by atoms with van der Waals surface area (Å²) in [5.41, 5.74) is 5.37. The smallest absolute Gasteiger partial charge is 0.328 e. The van der Waals surface area contributed by atoms with Gasteiger partial charge < -0.3 is 20.6 Å². The third-order valence-corrected chi connectivity index (χ3v) is 8.12. The number of benzene rings is 1. The monoisotopic (exact) mass is 587 g/mol. The van der Waals surface area contributed by atoms with Crippen LogP contribution in [0.3, 0.4) is 0 Å². The fourth-order valence-electron chi connectivity index (χ4n) is 4.56. The van der Waals surface area contributed by atoms with Gasteiger partial charge in [0.15, 0.2) is 0 Å². The molecule has 13 heteroatoms. The molecule has 0 saturated heterocycles. The number of thiophene rings is 1. The van der Waals surface area contributed by atoms with Crippen molar-refractivity contribution in [2.24, 2.45) is 0 Å². The maximum atomic E-state index is 13.2. The molecule has 3 amide bonds. The molecule has 2 atom stereocenters. The predicted octanol–water partition coefficient (Wildman–Crippen LogP) is 2.71. The van der Waals surface area contributed by atoms with Crippen LogP contribution in [0.4, 0.5) is 0 Å². The molecule has 10 nitrogen and oxygen atoms in total. The lowest BCUT2D eigenvalue weighted by Crippen LogP contribution is -2.49. The Balaban J connectivity index is 1.27. The van der Waals surface area contributed by atoms with E-state index >= 15 is 0 Å². The number of nitrogens with zero attached hydrogens (tertiary/aromatic N) is 2. The van der Waals surface area contributed by atoms with Gasteiger partial charge in [0.25, 0.3) is 11.8 Å². The number of hydrazine groups is 1. The van der Waals surface area contributed by atoms with E-state index in [0.717, 1.165) is 5.70 Å². The molecule has 4 N–H and O–H groups in total. The van der Waals surface area contributed by atoms with Gasteiger partial charge in [-0.25, -0.2) is 10.2 Å². The summed E-state index contributed by atoms with van der Waals surface area (Å²) in [5, 5.41) is 18.2. The van der Waals surface area contributed by atoms with Crippen molar-refractivity contribution in [1.82, 2.24) is 26.0 Å². The Morgan fingerprint density at radius 2 is 2.03 bits per heavy atom. The van der Waals surface area contributed by atoms with Gasteiger partial charge in [-0.05, 0) is 53.3 Å². The highest BCUT2D eigenvalue weighted by molar-refractivity contribution is 7.12. The number of rotatable bonds is 7. The summed E-state index contributed by atoms with van der Waals surface area (Å²) in [7, 11) is 0. The molecule has 0 aliphatic carbocycles. The molecule has 0 radical (unpaired) electrons. The van der Waals surface area contributed by atoms with E-state index in [1.54, 1.807) is 33.5 Å². The molecule has 0 fully saturated rings. The number of nitrogens with one attached hydrogen (secondary N) is 3. The first-order chi connectivity index (χ1) is 18.7. The van der Waals surface area contributed by atoms with E-state index in [2.05, 4.69) is 16.1 Å². The first kappa shape index (κ1) is 26.9. The predicted molar refractivity (Wildman–Crippen MR) is 146 cm³/mol. The lowest BCUT2D eigenvalue weighted by Gasteiger charge is -2.32. The molecule has 1 aromatic heterocycles. The second-order valence-corrected chi connectivity index (χ2v) is 10.7. The van der Waals surface area contributed by atoms with Gasteiger partial charge in [0.05, 0.1) is 26.2 Å². The van der Waals surface area contributed by atoms with Crippen molar-refractivity contribution < 1.29 is 24.3 Å². The van der Waals surface area contributed by atoms with Crippen molar-refractivity contribution in [3.8, 4) is 0 Å². The molecule has 39 heavy (non-hydrogen) atoms. The second kappa shape index (κ2) is 11.2. The largest absolute Gasteiger partial charge is 0.480 e. The van der Waals surface area contributed by atoms with Crippen LogP contribution in [0.5, 0.6) is 0 Å². The van der Waals surface area contributed by atoms with Gasteiger partial charge in [-0.1, -0.05) is 35.3 Å². The van der Waals surface area contributed by atoms with Gasteiger partial charge in [-0.3, -0.25) is 19.4 Å². The number of hydrogen-bond acceptors (Lipinski definition) is 7. The topological polar surface area (TPSA) is 131 Å². The van der Waals surface area contributed by atoms with Crippen molar-refractivity contribution in [3.63, 3.8) is 0 Å². The number of halogens is 2. The standard InChI is InChI=1S/C26H23Cl2N5O5S/c27-17-10-14-13-32(25(36)18-11-15-4-1-2-7-33(15)31-18)8-6-16(14)22(28)21(17)24(35)30-19(26(37)38)12-29-23(34)20-5-3-9-39-20/h1-5,7,9-11,18-19,31H,6,8,12-13H2,(H,29,34)(H,30,35)(H,37,38)/t18?,19-/m0/s1. The third-order valence-electron chi connectivity index (χ3n) is 6.53. The molecule has 1 aromatic carbocycles. The van der Waals surface area contributed by atoms with E-state index in [1.807, 2.05) is 30.5 Å². The first-order valence-electron chi connectivity index (χ1n) is 12.0. The number of carboxylic acids is 1. The van der Waals surface area contributed by atoms with Crippen molar-refractivity contribution in [2.45, 2.75) is 25.0 Å². The summed E-state index contributed by atoms with van der Waals surface area (Å²) >= 11 is 14.3. The van der Waals surface area contributed by atoms with Crippen LogP contribution in [0.15, 0.2) is 59.8 Å². The zero-order chi connectivity index (χ0) is 27.7. The van der Waals surface area contributed by atoms with Crippen LogP contribution in [0.25, 0.3) is 0 Å². The Morgan fingerprint density at radius 3 is 2.74 bits per heavy atom. The molecular weight excluding hydrogens is 565 g/mol. The number of carbonyl (C=O) groups excluding carboxylic acids is 3.